The molecule has 98 valence electrons. The molecule has 18 heavy (non-hydrogen) atoms. The van der Waals surface area contributed by atoms with Gasteiger partial charge in [-0.3, -0.25) is 9.36 Å². The van der Waals surface area contributed by atoms with Crippen molar-refractivity contribution in [3.63, 3.8) is 0 Å². The number of hydrogen-bond donors (Lipinski definition) is 2. The maximum atomic E-state index is 11.8. The van der Waals surface area contributed by atoms with E-state index < -0.39 is 11.8 Å². The summed E-state index contributed by atoms with van der Waals surface area (Å²) in [5.74, 6) is -0.268. The molecule has 2 atom stereocenters. The van der Waals surface area contributed by atoms with Crippen LogP contribution in [0.4, 0.5) is 0 Å². The number of amides is 1. The number of carbonyl (C=O) groups is 1. The minimum absolute atomic E-state index is 0.0596. The number of nitrogens with zero attached hydrogens (tertiary/aromatic N) is 2. The highest BCUT2D eigenvalue weighted by Crippen LogP contribution is 2.18. The van der Waals surface area contributed by atoms with E-state index in [1.54, 1.807) is 6.07 Å². The van der Waals surface area contributed by atoms with E-state index in [-0.39, 0.29) is 18.5 Å². The molecule has 2 rings (SSSR count). The largest absolute Gasteiger partial charge is 0.391 e. The topological polar surface area (TPSA) is 84.2 Å². The van der Waals surface area contributed by atoms with Gasteiger partial charge in [0.25, 0.3) is 0 Å². The van der Waals surface area contributed by atoms with Crippen molar-refractivity contribution in [3.8, 4) is 0 Å². The highest BCUT2D eigenvalue weighted by molar-refractivity contribution is 5.76. The minimum atomic E-state index is -0.478. The van der Waals surface area contributed by atoms with Crippen LogP contribution in [0.5, 0.6) is 0 Å². The standard InChI is InChI=1S/C12H17N3O3/c16-10-5-2-1-4-9(10)14-11(17)8-15-7-3-6-13-12(15)18/h3,6-7,9-10,16H,1-2,4-5,8H2,(H,14,17)/t9-,10-/m0/s1. The predicted molar refractivity (Wildman–Crippen MR) is 64.9 cm³/mol. The smallest absolute Gasteiger partial charge is 0.347 e. The van der Waals surface area contributed by atoms with Crippen LogP contribution in [-0.4, -0.2) is 32.7 Å². The molecule has 1 aliphatic rings. The van der Waals surface area contributed by atoms with Gasteiger partial charge in [0.15, 0.2) is 0 Å². The van der Waals surface area contributed by atoms with Gasteiger partial charge < -0.3 is 10.4 Å². The first-order valence-electron chi connectivity index (χ1n) is 6.16. The molecule has 6 nitrogen and oxygen atoms in total. The van der Waals surface area contributed by atoms with E-state index in [2.05, 4.69) is 10.3 Å². The first-order chi connectivity index (χ1) is 8.66. The van der Waals surface area contributed by atoms with Crippen LogP contribution < -0.4 is 11.0 Å². The predicted octanol–water partition coefficient (Wildman–Crippen LogP) is -0.337. The van der Waals surface area contributed by atoms with Crippen molar-refractivity contribution < 1.29 is 9.90 Å². The van der Waals surface area contributed by atoms with Crippen molar-refractivity contribution in [2.75, 3.05) is 0 Å². The van der Waals surface area contributed by atoms with E-state index in [1.807, 2.05) is 0 Å². The Hall–Kier alpha value is -1.69. The van der Waals surface area contributed by atoms with Crippen LogP contribution in [0, 0.1) is 0 Å². The Kier molecular flexibility index (Phi) is 4.09. The summed E-state index contributed by atoms with van der Waals surface area (Å²) >= 11 is 0. The second-order valence-corrected chi connectivity index (χ2v) is 4.56. The highest BCUT2D eigenvalue weighted by atomic mass is 16.3. The zero-order valence-corrected chi connectivity index (χ0v) is 10.1. The molecule has 0 saturated heterocycles. The summed E-state index contributed by atoms with van der Waals surface area (Å²) in [6.07, 6.45) is 5.94. The number of aliphatic hydroxyl groups excluding tert-OH is 1. The Morgan fingerprint density at radius 3 is 3.00 bits per heavy atom. The molecule has 1 heterocycles. The third kappa shape index (κ3) is 3.16. The maximum Gasteiger partial charge on any atom is 0.347 e. The Labute approximate surface area is 105 Å². The van der Waals surface area contributed by atoms with Crippen LogP contribution in [0.2, 0.25) is 0 Å². The fourth-order valence-electron chi connectivity index (χ4n) is 2.19. The van der Waals surface area contributed by atoms with Gasteiger partial charge in [-0.1, -0.05) is 12.8 Å². The van der Waals surface area contributed by atoms with Gasteiger partial charge in [0, 0.05) is 12.4 Å². The normalized spacial score (nSPS) is 23.6. The molecule has 0 aliphatic heterocycles. The summed E-state index contributed by atoms with van der Waals surface area (Å²) in [7, 11) is 0. The van der Waals surface area contributed by atoms with Crippen molar-refractivity contribution in [1.82, 2.24) is 14.9 Å². The number of aliphatic hydroxyl groups is 1. The molecular weight excluding hydrogens is 234 g/mol. The van der Waals surface area contributed by atoms with Crippen molar-refractivity contribution in [1.29, 1.82) is 0 Å². The van der Waals surface area contributed by atoms with E-state index in [4.69, 9.17) is 0 Å². The van der Waals surface area contributed by atoms with Gasteiger partial charge in [0.05, 0.1) is 12.1 Å². The van der Waals surface area contributed by atoms with E-state index in [9.17, 15) is 14.7 Å². The molecule has 1 saturated carbocycles. The second-order valence-electron chi connectivity index (χ2n) is 4.56. The SMILES string of the molecule is O=C(Cn1cccnc1=O)N[C@H]1CCCC[C@@H]1O. The van der Waals surface area contributed by atoms with Crippen LogP contribution in [0.1, 0.15) is 25.7 Å². The average molecular weight is 251 g/mol. The van der Waals surface area contributed by atoms with Gasteiger partial charge in [-0.15, -0.1) is 0 Å². The number of aromatic nitrogens is 2. The fourth-order valence-corrected chi connectivity index (χ4v) is 2.19. The van der Waals surface area contributed by atoms with Gasteiger partial charge in [0.2, 0.25) is 5.91 Å². The quantitative estimate of drug-likeness (QED) is 0.770. The summed E-state index contributed by atoms with van der Waals surface area (Å²) in [5.41, 5.74) is -0.447. The lowest BCUT2D eigenvalue weighted by Gasteiger charge is -2.28. The van der Waals surface area contributed by atoms with Gasteiger partial charge in [0.1, 0.15) is 6.54 Å². The summed E-state index contributed by atoms with van der Waals surface area (Å²) < 4.78 is 1.24. The Bertz CT molecular complexity index is 472. The van der Waals surface area contributed by atoms with Crippen molar-refractivity contribution in [2.45, 2.75) is 44.4 Å². The van der Waals surface area contributed by atoms with Crippen LogP contribution >= 0.6 is 0 Å². The number of nitrogens with one attached hydrogen (secondary N) is 1. The summed E-state index contributed by atoms with van der Waals surface area (Å²) in [6, 6.07) is 1.41. The van der Waals surface area contributed by atoms with E-state index >= 15 is 0 Å². The van der Waals surface area contributed by atoms with Crippen LogP contribution in [0.15, 0.2) is 23.3 Å². The molecule has 1 aromatic rings. The molecule has 1 aromatic heterocycles. The maximum absolute atomic E-state index is 11.8. The van der Waals surface area contributed by atoms with Crippen molar-refractivity contribution >= 4 is 5.91 Å². The lowest BCUT2D eigenvalue weighted by atomic mass is 9.92. The first-order valence-corrected chi connectivity index (χ1v) is 6.16. The van der Waals surface area contributed by atoms with Crippen LogP contribution in [-0.2, 0) is 11.3 Å². The molecule has 1 aliphatic carbocycles. The Morgan fingerprint density at radius 2 is 2.28 bits per heavy atom. The molecule has 0 spiro atoms. The zero-order chi connectivity index (χ0) is 13.0. The molecule has 6 heteroatoms. The monoisotopic (exact) mass is 251 g/mol. The van der Waals surface area contributed by atoms with Crippen LogP contribution in [0.25, 0.3) is 0 Å². The molecule has 1 amide bonds. The highest BCUT2D eigenvalue weighted by Gasteiger charge is 2.24. The fraction of sp³-hybridized carbons (Fsp3) is 0.583. The molecule has 0 unspecified atom stereocenters. The Morgan fingerprint density at radius 1 is 1.50 bits per heavy atom. The lowest BCUT2D eigenvalue weighted by molar-refractivity contribution is -0.123. The van der Waals surface area contributed by atoms with E-state index in [0.29, 0.717) is 0 Å². The van der Waals surface area contributed by atoms with Gasteiger partial charge in [-0.25, -0.2) is 9.78 Å². The third-order valence-electron chi connectivity index (χ3n) is 3.17. The summed E-state index contributed by atoms with van der Waals surface area (Å²) in [6.45, 7) is -0.0596. The Balaban J connectivity index is 1.92. The average Bonchev–Trinajstić information content (AvgIpc) is 2.35. The number of rotatable bonds is 3. The van der Waals surface area contributed by atoms with Crippen LogP contribution in [0.3, 0.4) is 0 Å². The minimum Gasteiger partial charge on any atom is -0.391 e. The van der Waals surface area contributed by atoms with Crippen molar-refractivity contribution in [2.24, 2.45) is 0 Å². The summed E-state index contributed by atoms with van der Waals surface area (Å²) in [5, 5.41) is 12.5. The number of hydrogen-bond acceptors (Lipinski definition) is 4. The second kappa shape index (κ2) is 5.77. The van der Waals surface area contributed by atoms with E-state index in [0.717, 1.165) is 25.7 Å². The first kappa shape index (κ1) is 12.8. The molecule has 1 fully saturated rings. The van der Waals surface area contributed by atoms with Gasteiger partial charge >= 0.3 is 5.69 Å². The summed E-state index contributed by atoms with van der Waals surface area (Å²) in [4.78, 5) is 26.7. The van der Waals surface area contributed by atoms with Crippen molar-refractivity contribution in [3.05, 3.63) is 28.9 Å². The molecule has 0 aromatic carbocycles. The third-order valence-corrected chi connectivity index (χ3v) is 3.17. The van der Waals surface area contributed by atoms with Gasteiger partial charge in [-0.05, 0) is 18.9 Å². The molecule has 0 bridgehead atoms. The lowest BCUT2D eigenvalue weighted by Crippen LogP contribution is -2.46. The zero-order valence-electron chi connectivity index (χ0n) is 10.1. The molecule has 2 N–H and O–H groups in total. The van der Waals surface area contributed by atoms with E-state index in [1.165, 1.54) is 17.0 Å². The number of carbonyl (C=O) groups excluding carboxylic acids is 1. The molecular formula is C12H17N3O3. The van der Waals surface area contributed by atoms with Gasteiger partial charge in [-0.2, -0.15) is 0 Å². The molecule has 0 radical (unpaired) electrons.